The molecule has 2 aliphatic carbocycles. The topological polar surface area (TPSA) is 42.2 Å². The van der Waals surface area contributed by atoms with E-state index in [0.717, 1.165) is 23.9 Å². The van der Waals surface area contributed by atoms with Gasteiger partial charge in [-0.1, -0.05) is 26.7 Å². The predicted octanol–water partition coefficient (Wildman–Crippen LogP) is 4.11. The van der Waals surface area contributed by atoms with Crippen molar-refractivity contribution in [3.8, 4) is 0 Å². The molecule has 1 amide bonds. The van der Waals surface area contributed by atoms with Gasteiger partial charge < -0.3 is 9.73 Å². The average molecular weight is 287 g/mol. The van der Waals surface area contributed by atoms with Crippen molar-refractivity contribution < 1.29 is 9.21 Å². The molecule has 2 aliphatic rings. The number of furan rings is 1. The van der Waals surface area contributed by atoms with Gasteiger partial charge in [-0.25, -0.2) is 0 Å². The van der Waals surface area contributed by atoms with Crippen LogP contribution in [0.1, 0.15) is 63.4 Å². The van der Waals surface area contributed by atoms with Crippen LogP contribution in [0, 0.1) is 11.8 Å². The molecule has 1 aromatic rings. The molecule has 2 fully saturated rings. The third-order valence-electron chi connectivity index (χ3n) is 4.96. The number of amides is 1. The molecule has 4 unspecified atom stereocenters. The maximum atomic E-state index is 12.0. The van der Waals surface area contributed by atoms with E-state index in [4.69, 9.17) is 4.42 Å². The molecule has 3 rings (SSSR count). The van der Waals surface area contributed by atoms with Crippen LogP contribution >= 0.6 is 0 Å². The molecule has 1 N–H and O–H groups in total. The lowest BCUT2D eigenvalue weighted by molar-refractivity contribution is -0.117. The van der Waals surface area contributed by atoms with Crippen LogP contribution in [0.15, 0.2) is 22.6 Å². The SMILES string of the molecule is CC1CCCCC1NC(=O)/C=C/c1ccc(C2CC2C)o1. The Bertz CT molecular complexity index is 531. The van der Waals surface area contributed by atoms with E-state index in [9.17, 15) is 4.79 Å². The molecule has 3 nitrogen and oxygen atoms in total. The maximum Gasteiger partial charge on any atom is 0.244 e. The molecule has 0 spiro atoms. The fourth-order valence-electron chi connectivity index (χ4n) is 3.30. The zero-order valence-electron chi connectivity index (χ0n) is 13.0. The van der Waals surface area contributed by atoms with Gasteiger partial charge in [0.1, 0.15) is 11.5 Å². The van der Waals surface area contributed by atoms with E-state index in [0.29, 0.717) is 17.9 Å². The van der Waals surface area contributed by atoms with Crippen LogP contribution in [0.4, 0.5) is 0 Å². The number of carbonyl (C=O) groups is 1. The van der Waals surface area contributed by atoms with Crippen molar-refractivity contribution in [1.82, 2.24) is 5.32 Å². The lowest BCUT2D eigenvalue weighted by atomic mass is 9.86. The number of hydrogen-bond acceptors (Lipinski definition) is 2. The zero-order valence-corrected chi connectivity index (χ0v) is 13.0. The molecule has 3 heteroatoms. The third kappa shape index (κ3) is 3.58. The first-order valence-corrected chi connectivity index (χ1v) is 8.22. The van der Waals surface area contributed by atoms with E-state index in [1.54, 1.807) is 12.2 Å². The van der Waals surface area contributed by atoms with Crippen LogP contribution in [0.3, 0.4) is 0 Å². The Labute approximate surface area is 126 Å². The highest BCUT2D eigenvalue weighted by Gasteiger charge is 2.36. The van der Waals surface area contributed by atoms with E-state index in [1.165, 1.54) is 25.7 Å². The quantitative estimate of drug-likeness (QED) is 0.847. The number of hydrogen-bond donors (Lipinski definition) is 1. The Hall–Kier alpha value is -1.51. The minimum atomic E-state index is -0.00788. The lowest BCUT2D eigenvalue weighted by Gasteiger charge is -2.29. The summed E-state index contributed by atoms with van der Waals surface area (Å²) in [5.41, 5.74) is 0. The molecule has 0 radical (unpaired) electrons. The predicted molar refractivity (Wildman–Crippen MR) is 83.8 cm³/mol. The van der Waals surface area contributed by atoms with Crippen molar-refractivity contribution >= 4 is 12.0 Å². The largest absolute Gasteiger partial charge is 0.461 e. The number of carbonyl (C=O) groups excluding carboxylic acids is 1. The van der Waals surface area contributed by atoms with Crippen molar-refractivity contribution in [2.24, 2.45) is 11.8 Å². The molecule has 1 heterocycles. The summed E-state index contributed by atoms with van der Waals surface area (Å²) in [6.07, 6.45) is 9.43. The van der Waals surface area contributed by atoms with Crippen LogP contribution in [0.2, 0.25) is 0 Å². The van der Waals surface area contributed by atoms with Gasteiger partial charge in [0.25, 0.3) is 0 Å². The minimum Gasteiger partial charge on any atom is -0.461 e. The van der Waals surface area contributed by atoms with Crippen LogP contribution in [0.5, 0.6) is 0 Å². The van der Waals surface area contributed by atoms with E-state index < -0.39 is 0 Å². The molecule has 21 heavy (non-hydrogen) atoms. The van der Waals surface area contributed by atoms with Gasteiger partial charge in [-0.05, 0) is 49.3 Å². The van der Waals surface area contributed by atoms with E-state index in [2.05, 4.69) is 19.2 Å². The van der Waals surface area contributed by atoms with Gasteiger partial charge in [0.05, 0.1) is 0 Å². The van der Waals surface area contributed by atoms with Crippen molar-refractivity contribution in [2.75, 3.05) is 0 Å². The normalized spacial score (nSPS) is 32.3. The third-order valence-corrected chi connectivity index (χ3v) is 4.96. The molecule has 0 saturated heterocycles. The first-order valence-electron chi connectivity index (χ1n) is 8.22. The second kappa shape index (κ2) is 6.08. The molecule has 1 aromatic heterocycles. The maximum absolute atomic E-state index is 12.0. The van der Waals surface area contributed by atoms with Crippen LogP contribution in [-0.2, 0) is 4.79 Å². The molecule has 2 saturated carbocycles. The summed E-state index contributed by atoms with van der Waals surface area (Å²) in [6, 6.07) is 4.32. The van der Waals surface area contributed by atoms with Crippen LogP contribution in [0.25, 0.3) is 6.08 Å². The first kappa shape index (κ1) is 14.4. The van der Waals surface area contributed by atoms with Crippen molar-refractivity contribution in [3.05, 3.63) is 29.7 Å². The molecular weight excluding hydrogens is 262 g/mol. The minimum absolute atomic E-state index is 0.00788. The average Bonchev–Trinajstić information content (AvgIpc) is 3.01. The summed E-state index contributed by atoms with van der Waals surface area (Å²) >= 11 is 0. The Kier molecular flexibility index (Phi) is 4.18. The summed E-state index contributed by atoms with van der Waals surface area (Å²) in [5, 5.41) is 3.12. The van der Waals surface area contributed by atoms with Gasteiger partial charge in [-0.15, -0.1) is 0 Å². The summed E-state index contributed by atoms with van der Waals surface area (Å²) in [5.74, 6) is 3.74. The summed E-state index contributed by atoms with van der Waals surface area (Å²) in [7, 11) is 0. The van der Waals surface area contributed by atoms with E-state index in [-0.39, 0.29) is 5.91 Å². The molecule has 4 atom stereocenters. The Balaban J connectivity index is 1.53. The van der Waals surface area contributed by atoms with Crippen LogP contribution in [-0.4, -0.2) is 11.9 Å². The highest BCUT2D eigenvalue weighted by atomic mass is 16.3. The molecule has 0 aliphatic heterocycles. The molecule has 114 valence electrons. The van der Waals surface area contributed by atoms with Gasteiger partial charge in [0.2, 0.25) is 5.91 Å². The van der Waals surface area contributed by atoms with Crippen molar-refractivity contribution in [3.63, 3.8) is 0 Å². The van der Waals surface area contributed by atoms with Crippen LogP contribution < -0.4 is 5.32 Å². The molecular formula is C18H25NO2. The lowest BCUT2D eigenvalue weighted by Crippen LogP contribution is -2.40. The van der Waals surface area contributed by atoms with Gasteiger partial charge in [0.15, 0.2) is 0 Å². The van der Waals surface area contributed by atoms with E-state index >= 15 is 0 Å². The standard InChI is InChI=1S/C18H25NO2/c1-12-5-3-4-6-16(12)19-18(20)10-8-14-7-9-17(21-14)15-11-13(15)2/h7-10,12-13,15-16H,3-6,11H2,1-2H3,(H,19,20)/b10-8+. The molecule has 0 aromatic carbocycles. The Morgan fingerprint density at radius 2 is 2.00 bits per heavy atom. The first-order chi connectivity index (χ1) is 10.1. The summed E-state index contributed by atoms with van der Waals surface area (Å²) in [4.78, 5) is 12.0. The number of rotatable bonds is 4. The highest BCUT2D eigenvalue weighted by molar-refractivity contribution is 5.91. The second-order valence-corrected chi connectivity index (χ2v) is 6.77. The van der Waals surface area contributed by atoms with E-state index in [1.807, 2.05) is 12.1 Å². The fourth-order valence-corrected chi connectivity index (χ4v) is 3.30. The summed E-state index contributed by atoms with van der Waals surface area (Å²) < 4.78 is 5.77. The van der Waals surface area contributed by atoms with Gasteiger partial charge in [0, 0.05) is 18.0 Å². The zero-order chi connectivity index (χ0) is 14.8. The summed E-state index contributed by atoms with van der Waals surface area (Å²) in [6.45, 7) is 4.46. The van der Waals surface area contributed by atoms with Crippen molar-refractivity contribution in [1.29, 1.82) is 0 Å². The Morgan fingerprint density at radius 3 is 2.71 bits per heavy atom. The van der Waals surface area contributed by atoms with Gasteiger partial charge in [-0.3, -0.25) is 4.79 Å². The molecule has 0 bridgehead atoms. The Morgan fingerprint density at radius 1 is 1.24 bits per heavy atom. The monoisotopic (exact) mass is 287 g/mol. The highest BCUT2D eigenvalue weighted by Crippen LogP contribution is 2.47. The van der Waals surface area contributed by atoms with Crippen molar-refractivity contribution in [2.45, 2.75) is 57.9 Å². The second-order valence-electron chi connectivity index (χ2n) is 6.77. The number of nitrogens with one attached hydrogen (secondary N) is 1. The van der Waals surface area contributed by atoms with Gasteiger partial charge in [-0.2, -0.15) is 0 Å². The van der Waals surface area contributed by atoms with Gasteiger partial charge >= 0.3 is 0 Å². The fraction of sp³-hybridized carbons (Fsp3) is 0.611. The smallest absolute Gasteiger partial charge is 0.244 e.